The van der Waals surface area contributed by atoms with Gasteiger partial charge in [-0.3, -0.25) is 0 Å². The summed E-state index contributed by atoms with van der Waals surface area (Å²) in [6, 6.07) is 111. The standard InChI is InChI=1S/C78H62N2/c1-11-33-55(34-12-1)67-69(57-37-15-3-16-38-57)73(61-45-23-7-24-46-61)77(74(62-47-25-8-26-48-62)70(67)58-39-17-4-18-40-58)79-65-53-31-32-54-66(65)80-78-75(63-49-27-9-28-50-63)71(59-41-19-5-20-42-59)68(56-35-13-2-14-36-56)72(60-43-21-6-22-44-60)76(78)64-51-29-10-30-52-64/h1-30,33-52,65-66,79-80H,31-32,53-54H2/t65-,66-/m1/s1. The topological polar surface area (TPSA) is 24.1 Å². The van der Waals surface area contributed by atoms with Crippen molar-refractivity contribution in [3.8, 4) is 111 Å². The van der Waals surface area contributed by atoms with Crippen LogP contribution in [0.3, 0.4) is 0 Å². The van der Waals surface area contributed by atoms with Gasteiger partial charge in [-0.2, -0.15) is 0 Å². The van der Waals surface area contributed by atoms with Gasteiger partial charge >= 0.3 is 0 Å². The summed E-state index contributed by atoms with van der Waals surface area (Å²) in [5, 5.41) is 9.14. The monoisotopic (exact) mass is 1030 g/mol. The Morgan fingerprint density at radius 3 is 0.475 bits per heavy atom. The molecule has 0 heterocycles. The van der Waals surface area contributed by atoms with Crippen molar-refractivity contribution < 1.29 is 0 Å². The van der Waals surface area contributed by atoms with E-state index in [1.165, 1.54) is 89.0 Å². The van der Waals surface area contributed by atoms with E-state index in [4.69, 9.17) is 0 Å². The minimum absolute atomic E-state index is 0.00453. The fraction of sp³-hybridized carbons (Fsp3) is 0.0769. The Bertz CT molecular complexity index is 3510. The average molecular weight is 1030 g/mol. The third kappa shape index (κ3) is 9.82. The molecule has 1 fully saturated rings. The lowest BCUT2D eigenvalue weighted by molar-refractivity contribution is 0.424. The molecule has 0 unspecified atom stereocenters. The van der Waals surface area contributed by atoms with E-state index in [2.05, 4.69) is 314 Å². The summed E-state index contributed by atoms with van der Waals surface area (Å²) in [5.41, 5.74) is 26.0. The zero-order chi connectivity index (χ0) is 53.5. The van der Waals surface area contributed by atoms with Gasteiger partial charge in [-0.15, -0.1) is 0 Å². The molecule has 0 spiro atoms. The van der Waals surface area contributed by atoms with E-state index in [-0.39, 0.29) is 12.1 Å². The first kappa shape index (κ1) is 49.8. The van der Waals surface area contributed by atoms with Gasteiger partial charge in [0.1, 0.15) is 0 Å². The number of anilines is 2. The molecule has 12 aromatic carbocycles. The number of nitrogens with one attached hydrogen (secondary N) is 2. The number of benzene rings is 12. The number of hydrogen-bond donors (Lipinski definition) is 2. The molecule has 1 aliphatic rings. The molecule has 0 radical (unpaired) electrons. The number of rotatable bonds is 14. The molecule has 384 valence electrons. The summed E-state index contributed by atoms with van der Waals surface area (Å²) in [6.45, 7) is 0. The first-order valence-corrected chi connectivity index (χ1v) is 28.3. The molecule has 2 atom stereocenters. The Balaban J connectivity index is 1.13. The van der Waals surface area contributed by atoms with Gasteiger partial charge in [-0.25, -0.2) is 0 Å². The van der Waals surface area contributed by atoms with Crippen LogP contribution in [-0.2, 0) is 0 Å². The van der Waals surface area contributed by atoms with Gasteiger partial charge in [0.2, 0.25) is 0 Å². The molecule has 2 nitrogen and oxygen atoms in total. The molecule has 1 aliphatic carbocycles. The zero-order valence-electron chi connectivity index (χ0n) is 44.9. The highest BCUT2D eigenvalue weighted by Crippen LogP contribution is 2.58. The molecule has 0 amide bonds. The van der Waals surface area contributed by atoms with Crippen molar-refractivity contribution in [2.75, 3.05) is 10.6 Å². The Morgan fingerprint density at radius 2 is 0.312 bits per heavy atom. The van der Waals surface area contributed by atoms with Crippen molar-refractivity contribution in [3.63, 3.8) is 0 Å². The van der Waals surface area contributed by atoms with E-state index >= 15 is 0 Å². The van der Waals surface area contributed by atoms with Crippen LogP contribution in [0.15, 0.2) is 303 Å². The highest BCUT2D eigenvalue weighted by molar-refractivity contribution is 6.16. The summed E-state index contributed by atoms with van der Waals surface area (Å²) in [7, 11) is 0. The zero-order valence-corrected chi connectivity index (χ0v) is 44.9. The third-order valence-electron chi connectivity index (χ3n) is 16.1. The van der Waals surface area contributed by atoms with Crippen LogP contribution >= 0.6 is 0 Å². The molecule has 2 N–H and O–H groups in total. The summed E-state index contributed by atoms with van der Waals surface area (Å²) < 4.78 is 0. The SMILES string of the molecule is c1ccc(-c2c(N[C@@H]3CCCC[C@H]3Nc3c(-c4ccccc4)c(-c4ccccc4)c(-c4ccccc4)c(-c4ccccc4)c3-c3ccccc3)c(-c3ccccc3)c(-c3ccccc3)c(-c3ccccc3)c2-c2ccccc2)cc1. The van der Waals surface area contributed by atoms with Crippen LogP contribution < -0.4 is 10.6 Å². The van der Waals surface area contributed by atoms with Gasteiger partial charge in [0.05, 0.1) is 11.4 Å². The second kappa shape index (κ2) is 23.1. The summed E-state index contributed by atoms with van der Waals surface area (Å²) in [4.78, 5) is 0. The lowest BCUT2D eigenvalue weighted by Crippen LogP contribution is -2.42. The Kier molecular flexibility index (Phi) is 14.4. The molecule has 12 aromatic rings. The van der Waals surface area contributed by atoms with E-state index in [9.17, 15) is 0 Å². The molecule has 0 bridgehead atoms. The van der Waals surface area contributed by atoms with Crippen molar-refractivity contribution >= 4 is 11.4 Å². The minimum atomic E-state index is 0.00453. The van der Waals surface area contributed by atoms with Gasteiger partial charge in [-0.05, 0) is 79.6 Å². The van der Waals surface area contributed by atoms with Crippen LogP contribution in [0.5, 0.6) is 0 Å². The molecule has 80 heavy (non-hydrogen) atoms. The summed E-state index contributed by atoms with van der Waals surface area (Å²) in [6.07, 6.45) is 4.15. The molecule has 2 heteroatoms. The van der Waals surface area contributed by atoms with Crippen molar-refractivity contribution in [1.29, 1.82) is 0 Å². The van der Waals surface area contributed by atoms with E-state index < -0.39 is 0 Å². The maximum atomic E-state index is 4.57. The molecule has 1 saturated carbocycles. The van der Waals surface area contributed by atoms with Crippen LogP contribution in [0, 0.1) is 0 Å². The van der Waals surface area contributed by atoms with E-state index in [0.717, 1.165) is 59.3 Å². The van der Waals surface area contributed by atoms with E-state index in [1.807, 2.05) is 0 Å². The van der Waals surface area contributed by atoms with Gasteiger partial charge in [0.25, 0.3) is 0 Å². The fourth-order valence-electron chi connectivity index (χ4n) is 12.6. The van der Waals surface area contributed by atoms with Crippen LogP contribution in [0.4, 0.5) is 11.4 Å². The Labute approximate surface area is 471 Å². The Hall–Kier alpha value is -9.76. The molecule has 0 aliphatic heterocycles. The molecule has 13 rings (SSSR count). The maximum absolute atomic E-state index is 4.57. The second-order valence-electron chi connectivity index (χ2n) is 20.9. The predicted molar refractivity (Wildman–Crippen MR) is 341 cm³/mol. The normalized spacial score (nSPS) is 14.1. The fourth-order valence-corrected chi connectivity index (χ4v) is 12.6. The highest BCUT2D eigenvalue weighted by Gasteiger charge is 2.35. The largest absolute Gasteiger partial charge is 0.379 e. The van der Waals surface area contributed by atoms with Gasteiger partial charge in [0.15, 0.2) is 0 Å². The lowest BCUT2D eigenvalue weighted by Gasteiger charge is -2.38. The maximum Gasteiger partial charge on any atom is 0.0515 e. The van der Waals surface area contributed by atoms with Crippen molar-refractivity contribution in [1.82, 2.24) is 0 Å². The highest BCUT2D eigenvalue weighted by atomic mass is 15.0. The second-order valence-corrected chi connectivity index (χ2v) is 20.9. The van der Waals surface area contributed by atoms with Crippen LogP contribution in [0.2, 0.25) is 0 Å². The summed E-state index contributed by atoms with van der Waals surface area (Å²) >= 11 is 0. The van der Waals surface area contributed by atoms with Crippen LogP contribution in [0.25, 0.3) is 111 Å². The average Bonchev–Trinajstić information content (AvgIpc) is 3.65. The molecule has 0 saturated heterocycles. The molecular weight excluding hydrogens is 965 g/mol. The third-order valence-corrected chi connectivity index (χ3v) is 16.1. The van der Waals surface area contributed by atoms with Crippen molar-refractivity contribution in [2.24, 2.45) is 0 Å². The molecular formula is C78H62N2. The quantitative estimate of drug-likeness (QED) is 0.113. The van der Waals surface area contributed by atoms with Gasteiger partial charge < -0.3 is 10.6 Å². The predicted octanol–water partition coefficient (Wildman–Crippen LogP) is 21.2. The first-order chi connectivity index (χ1) is 39.8. The minimum Gasteiger partial charge on any atom is -0.379 e. The van der Waals surface area contributed by atoms with Crippen molar-refractivity contribution in [2.45, 2.75) is 37.8 Å². The van der Waals surface area contributed by atoms with E-state index in [1.54, 1.807) is 0 Å². The first-order valence-electron chi connectivity index (χ1n) is 28.3. The van der Waals surface area contributed by atoms with Gasteiger partial charge in [-0.1, -0.05) is 316 Å². The molecule has 0 aromatic heterocycles. The lowest BCUT2D eigenvalue weighted by atomic mass is 9.76. The van der Waals surface area contributed by atoms with Crippen molar-refractivity contribution in [3.05, 3.63) is 303 Å². The number of hydrogen-bond acceptors (Lipinski definition) is 2. The smallest absolute Gasteiger partial charge is 0.0515 e. The Morgan fingerprint density at radius 1 is 0.175 bits per heavy atom. The van der Waals surface area contributed by atoms with E-state index in [0.29, 0.717) is 0 Å². The van der Waals surface area contributed by atoms with Gasteiger partial charge in [0, 0.05) is 56.6 Å². The summed E-state index contributed by atoms with van der Waals surface area (Å²) in [5.74, 6) is 0. The van der Waals surface area contributed by atoms with Crippen LogP contribution in [0.1, 0.15) is 25.7 Å². The van der Waals surface area contributed by atoms with Crippen LogP contribution in [-0.4, -0.2) is 12.1 Å².